The first-order valence-electron chi connectivity index (χ1n) is 15.2. The van der Waals surface area contributed by atoms with Crippen molar-refractivity contribution < 1.29 is 37.7 Å². The summed E-state index contributed by atoms with van der Waals surface area (Å²) in [6.07, 6.45) is -0.113. The van der Waals surface area contributed by atoms with Crippen molar-refractivity contribution >= 4 is 23.6 Å². The molecule has 2 fully saturated rings. The molecule has 3 aliphatic rings. The lowest BCUT2D eigenvalue weighted by Gasteiger charge is -2.39. The van der Waals surface area contributed by atoms with E-state index < -0.39 is 46.1 Å². The fourth-order valence-electron chi connectivity index (χ4n) is 6.85. The summed E-state index contributed by atoms with van der Waals surface area (Å²) in [7, 11) is 0. The van der Waals surface area contributed by atoms with E-state index in [2.05, 4.69) is 15.4 Å². The number of nitrogens with one attached hydrogen (secondary N) is 2. The Balaban J connectivity index is 1.28. The molecule has 9 nitrogen and oxygen atoms in total. The zero-order valence-corrected chi connectivity index (χ0v) is 26.5. The number of anilines is 1. The zero-order valence-electron chi connectivity index (χ0n) is 26.5. The number of hydrogen-bond acceptors (Lipinski definition) is 6. The van der Waals surface area contributed by atoms with Gasteiger partial charge in [0.25, 0.3) is 5.91 Å². The van der Waals surface area contributed by atoms with E-state index in [1.54, 1.807) is 44.2 Å². The number of aliphatic carboxylic acids is 1. The first-order chi connectivity index (χ1) is 20.9. The van der Waals surface area contributed by atoms with E-state index in [9.17, 15) is 28.3 Å². The largest absolute Gasteiger partial charge is 0.486 e. The van der Waals surface area contributed by atoms with Crippen LogP contribution >= 0.6 is 0 Å². The number of hydrogen-bond donors (Lipinski definition) is 3. The molecule has 2 aromatic rings. The van der Waals surface area contributed by atoms with Crippen LogP contribution in [0.3, 0.4) is 0 Å². The normalized spacial score (nSPS) is 24.9. The van der Waals surface area contributed by atoms with Crippen molar-refractivity contribution in [3.05, 3.63) is 59.7 Å². The van der Waals surface area contributed by atoms with Crippen molar-refractivity contribution in [2.75, 3.05) is 11.9 Å². The predicted octanol–water partition coefficient (Wildman–Crippen LogP) is 6.33. The van der Waals surface area contributed by atoms with Crippen LogP contribution in [-0.2, 0) is 19.1 Å². The van der Waals surface area contributed by atoms with Crippen molar-refractivity contribution in [3.8, 4) is 11.3 Å². The molecule has 45 heavy (non-hydrogen) atoms. The van der Waals surface area contributed by atoms with E-state index in [4.69, 9.17) is 9.72 Å². The Hall–Kier alpha value is -3.70. The summed E-state index contributed by atoms with van der Waals surface area (Å²) in [5.74, 6) is -1.07. The lowest BCUT2D eigenvalue weighted by Crippen LogP contribution is -2.44. The van der Waals surface area contributed by atoms with Gasteiger partial charge in [0.05, 0.1) is 22.6 Å². The van der Waals surface area contributed by atoms with Crippen molar-refractivity contribution in [1.82, 2.24) is 10.3 Å². The molecule has 1 saturated carbocycles. The van der Waals surface area contributed by atoms with Crippen LogP contribution in [0.1, 0.15) is 76.2 Å². The molecule has 5 rings (SSSR count). The second-order valence-corrected chi connectivity index (χ2v) is 14.4. The number of carboxylic acid groups (broad SMARTS) is 1. The minimum atomic E-state index is -3.64. The molecular formula is C34H41F2N3O6. The number of benzene rings is 1. The molecule has 3 atom stereocenters. The maximum Gasteiger partial charge on any atom is 0.486 e. The summed E-state index contributed by atoms with van der Waals surface area (Å²) >= 11 is 0. The quantitative estimate of drug-likeness (QED) is 0.263. The molecule has 1 aromatic carbocycles. The zero-order chi connectivity index (χ0) is 33.0. The summed E-state index contributed by atoms with van der Waals surface area (Å²) in [6.45, 7) is 11.3. The number of aryl methyl sites for hydroxylation is 1. The first-order valence-corrected chi connectivity index (χ1v) is 15.2. The summed E-state index contributed by atoms with van der Waals surface area (Å²) in [5.41, 5.74) is -0.306. The van der Waals surface area contributed by atoms with Crippen LogP contribution in [0.15, 0.2) is 48.6 Å². The molecule has 2 aliphatic carbocycles. The van der Waals surface area contributed by atoms with Gasteiger partial charge in [-0.1, -0.05) is 51.1 Å². The standard InChI is InChI=1S/C34H41F2N3O6/c1-20-10-11-25(39-28(41)33(14-15-33)32(6)13-12-23-24(17-32)45-34(35,36)44-23)38-26(20)21-8-7-9-22(16-21)27(40)37-19-30(2,3)18-31(4,5)29(42)43/h7-13,16,23-24H,14-15,17-19H2,1-6H3,(H,37,40)(H,42,43)(H,38,39,41). The van der Waals surface area contributed by atoms with Crippen LogP contribution in [0.5, 0.6) is 0 Å². The maximum absolute atomic E-state index is 13.7. The highest BCUT2D eigenvalue weighted by Crippen LogP contribution is 2.63. The topological polar surface area (TPSA) is 127 Å². The SMILES string of the molecule is Cc1ccc(NC(=O)C2(C3(C)C=CC4OC(F)(F)OC4C3)CC2)nc1-c1cccc(C(=O)NCC(C)(C)CC(C)(C)C(=O)O)c1. The molecule has 2 amide bonds. The van der Waals surface area contributed by atoms with E-state index in [1.807, 2.05) is 45.9 Å². The van der Waals surface area contributed by atoms with Crippen molar-refractivity contribution in [2.45, 2.75) is 85.7 Å². The molecule has 3 unspecified atom stereocenters. The predicted molar refractivity (Wildman–Crippen MR) is 163 cm³/mol. The Bertz CT molecular complexity index is 1550. The Morgan fingerprint density at radius 1 is 1.09 bits per heavy atom. The van der Waals surface area contributed by atoms with Gasteiger partial charge in [-0.15, -0.1) is 8.78 Å². The number of rotatable bonds is 10. The van der Waals surface area contributed by atoms with Crippen LogP contribution in [0, 0.1) is 28.6 Å². The number of pyridine rings is 1. The van der Waals surface area contributed by atoms with Crippen molar-refractivity contribution in [1.29, 1.82) is 0 Å². The molecule has 11 heteroatoms. The van der Waals surface area contributed by atoms with E-state index in [1.165, 1.54) is 0 Å². The molecule has 1 aromatic heterocycles. The van der Waals surface area contributed by atoms with Gasteiger partial charge in [-0.3, -0.25) is 23.9 Å². The van der Waals surface area contributed by atoms with Gasteiger partial charge < -0.3 is 15.7 Å². The van der Waals surface area contributed by atoms with Gasteiger partial charge in [-0.2, -0.15) is 0 Å². The smallest absolute Gasteiger partial charge is 0.481 e. The van der Waals surface area contributed by atoms with Gasteiger partial charge >= 0.3 is 12.3 Å². The second-order valence-electron chi connectivity index (χ2n) is 14.4. The van der Waals surface area contributed by atoms with Gasteiger partial charge in [-0.05, 0) is 75.6 Å². The van der Waals surface area contributed by atoms with Crippen LogP contribution in [-0.4, -0.2) is 52.9 Å². The van der Waals surface area contributed by atoms with Gasteiger partial charge in [-0.25, -0.2) is 4.98 Å². The molecule has 2 heterocycles. The number of carbonyl (C=O) groups excluding carboxylic acids is 2. The number of nitrogens with zero attached hydrogens (tertiary/aromatic N) is 1. The molecule has 242 valence electrons. The number of allylic oxidation sites excluding steroid dienone is 1. The second kappa shape index (κ2) is 11.3. The highest BCUT2D eigenvalue weighted by atomic mass is 19.3. The summed E-state index contributed by atoms with van der Waals surface area (Å²) in [4.78, 5) is 43.1. The number of carboxylic acids is 1. The van der Waals surface area contributed by atoms with Gasteiger partial charge in [0.15, 0.2) is 0 Å². The Kier molecular flexibility index (Phi) is 8.19. The molecule has 1 aliphatic heterocycles. The van der Waals surface area contributed by atoms with Crippen LogP contribution in [0.2, 0.25) is 0 Å². The number of ether oxygens (including phenoxy) is 2. The lowest BCUT2D eigenvalue weighted by atomic mass is 9.66. The Morgan fingerprint density at radius 3 is 2.47 bits per heavy atom. The van der Waals surface area contributed by atoms with E-state index >= 15 is 0 Å². The number of alkyl halides is 2. The summed E-state index contributed by atoms with van der Waals surface area (Å²) < 4.78 is 36.9. The third kappa shape index (κ3) is 6.65. The highest BCUT2D eigenvalue weighted by Gasteiger charge is 2.64. The maximum atomic E-state index is 13.7. The van der Waals surface area contributed by atoms with Crippen molar-refractivity contribution in [2.24, 2.45) is 21.7 Å². The third-order valence-corrected chi connectivity index (χ3v) is 9.45. The first kappa shape index (κ1) is 32.7. The minimum Gasteiger partial charge on any atom is -0.481 e. The van der Waals surface area contributed by atoms with Crippen LogP contribution in [0.25, 0.3) is 11.3 Å². The number of halogens is 2. The average molecular weight is 626 g/mol. The Labute approximate surface area is 261 Å². The fourth-order valence-corrected chi connectivity index (χ4v) is 6.85. The average Bonchev–Trinajstić information content (AvgIpc) is 3.71. The van der Waals surface area contributed by atoms with Gasteiger partial charge in [0, 0.05) is 23.1 Å². The van der Waals surface area contributed by atoms with Gasteiger partial charge in [0.2, 0.25) is 5.91 Å². The van der Waals surface area contributed by atoms with E-state index in [-0.39, 0.29) is 18.2 Å². The molecule has 0 radical (unpaired) electrons. The molecule has 0 spiro atoms. The Morgan fingerprint density at radius 2 is 1.80 bits per heavy atom. The van der Waals surface area contributed by atoms with E-state index in [0.717, 1.165) is 5.56 Å². The number of carbonyl (C=O) groups is 3. The summed E-state index contributed by atoms with van der Waals surface area (Å²) in [6, 6.07) is 10.6. The van der Waals surface area contributed by atoms with E-state index in [0.29, 0.717) is 48.4 Å². The minimum absolute atomic E-state index is 0.229. The lowest BCUT2D eigenvalue weighted by molar-refractivity contribution is -0.349. The number of amides is 2. The van der Waals surface area contributed by atoms with Crippen molar-refractivity contribution in [3.63, 3.8) is 0 Å². The molecular weight excluding hydrogens is 584 g/mol. The van der Waals surface area contributed by atoms with Crippen LogP contribution in [0.4, 0.5) is 14.6 Å². The number of aromatic nitrogens is 1. The molecule has 0 bridgehead atoms. The monoisotopic (exact) mass is 625 g/mol. The molecule has 3 N–H and O–H groups in total. The summed E-state index contributed by atoms with van der Waals surface area (Å²) in [5, 5.41) is 15.4. The number of fused-ring (bicyclic) bond motifs is 1. The third-order valence-electron chi connectivity index (χ3n) is 9.45. The highest BCUT2D eigenvalue weighted by molar-refractivity contribution is 5.98. The fraction of sp³-hybridized carbons (Fsp3) is 0.529. The molecule has 1 saturated heterocycles. The van der Waals surface area contributed by atoms with Gasteiger partial charge in [0.1, 0.15) is 11.9 Å². The van der Waals surface area contributed by atoms with Crippen LogP contribution < -0.4 is 10.6 Å².